The van der Waals surface area contributed by atoms with E-state index in [4.69, 9.17) is 0 Å². The van der Waals surface area contributed by atoms with Crippen LogP contribution in [0.15, 0.2) is 0 Å². The van der Waals surface area contributed by atoms with Gasteiger partial charge in [-0.3, -0.25) is 14.5 Å². The van der Waals surface area contributed by atoms with Gasteiger partial charge in [-0.05, 0) is 19.3 Å². The number of rotatable bonds is 5. The van der Waals surface area contributed by atoms with Crippen LogP contribution < -0.4 is 10.6 Å². The number of imide groups is 1. The van der Waals surface area contributed by atoms with Crippen molar-refractivity contribution < 1.29 is 27.6 Å². The summed E-state index contributed by atoms with van der Waals surface area (Å²) in [5.74, 6) is -1.04. The topological polar surface area (TPSA) is 78.5 Å². The van der Waals surface area contributed by atoms with Crippen LogP contribution in [0.5, 0.6) is 0 Å². The van der Waals surface area contributed by atoms with Crippen LogP contribution in [-0.2, 0) is 9.59 Å². The predicted octanol–water partition coefficient (Wildman–Crippen LogP) is 1.31. The van der Waals surface area contributed by atoms with Gasteiger partial charge in [-0.25, -0.2) is 4.79 Å². The maximum absolute atomic E-state index is 12.3. The van der Waals surface area contributed by atoms with E-state index < -0.39 is 30.2 Å². The van der Waals surface area contributed by atoms with Gasteiger partial charge in [0.2, 0.25) is 5.91 Å². The number of urea groups is 1. The normalized spacial score (nSPS) is 20.6. The van der Waals surface area contributed by atoms with Gasteiger partial charge in [-0.1, -0.05) is 12.8 Å². The molecule has 124 valence electrons. The van der Waals surface area contributed by atoms with Gasteiger partial charge in [-0.2, -0.15) is 13.2 Å². The van der Waals surface area contributed by atoms with Gasteiger partial charge in [0.05, 0.1) is 0 Å². The molecule has 22 heavy (non-hydrogen) atoms. The molecule has 1 spiro atoms. The summed E-state index contributed by atoms with van der Waals surface area (Å²) in [7, 11) is 0. The smallest absolute Gasteiger partial charge is 0.347 e. The first-order chi connectivity index (χ1) is 10.2. The zero-order valence-electron chi connectivity index (χ0n) is 12.0. The summed E-state index contributed by atoms with van der Waals surface area (Å²) in [5.41, 5.74) is -0.796. The predicted molar refractivity (Wildman–Crippen MR) is 69.7 cm³/mol. The lowest BCUT2D eigenvalue weighted by Crippen LogP contribution is -2.44. The Morgan fingerprint density at radius 1 is 1.27 bits per heavy atom. The first kappa shape index (κ1) is 16.6. The number of halogens is 3. The minimum Gasteiger partial charge on any atom is -0.347 e. The number of nitrogens with zero attached hydrogens (tertiary/aromatic N) is 1. The maximum atomic E-state index is 12.3. The minimum absolute atomic E-state index is 0.0336. The summed E-state index contributed by atoms with van der Waals surface area (Å²) in [5, 5.41) is 4.45. The monoisotopic (exact) mass is 321 g/mol. The average Bonchev–Trinajstić information content (AvgIpc) is 2.97. The van der Waals surface area contributed by atoms with Crippen molar-refractivity contribution in [1.82, 2.24) is 15.5 Å². The van der Waals surface area contributed by atoms with Crippen LogP contribution in [-0.4, -0.2) is 47.6 Å². The van der Waals surface area contributed by atoms with E-state index in [1.165, 1.54) is 0 Å². The van der Waals surface area contributed by atoms with Gasteiger partial charge in [0.1, 0.15) is 12.1 Å². The van der Waals surface area contributed by atoms with E-state index in [9.17, 15) is 27.6 Å². The Kier molecular flexibility index (Phi) is 4.62. The molecule has 0 bridgehead atoms. The van der Waals surface area contributed by atoms with E-state index >= 15 is 0 Å². The van der Waals surface area contributed by atoms with Gasteiger partial charge in [0.25, 0.3) is 5.91 Å². The fraction of sp³-hybridized carbons (Fsp3) is 0.769. The van der Waals surface area contributed by atoms with Crippen molar-refractivity contribution in [1.29, 1.82) is 0 Å². The van der Waals surface area contributed by atoms with E-state index in [0.29, 0.717) is 12.8 Å². The molecule has 0 aromatic rings. The number of alkyl halides is 3. The number of nitrogens with one attached hydrogen (secondary N) is 2. The number of hydrogen-bond acceptors (Lipinski definition) is 3. The third-order valence-corrected chi connectivity index (χ3v) is 3.97. The van der Waals surface area contributed by atoms with Gasteiger partial charge >= 0.3 is 12.2 Å². The molecular formula is C13H18F3N3O3. The Balaban J connectivity index is 1.76. The van der Waals surface area contributed by atoms with Crippen molar-refractivity contribution in [2.45, 2.75) is 50.2 Å². The third-order valence-electron chi connectivity index (χ3n) is 3.97. The molecule has 1 aliphatic heterocycles. The van der Waals surface area contributed by atoms with Crippen molar-refractivity contribution in [3.05, 3.63) is 0 Å². The zero-order valence-corrected chi connectivity index (χ0v) is 12.0. The van der Waals surface area contributed by atoms with Crippen LogP contribution >= 0.6 is 0 Å². The molecule has 0 aromatic carbocycles. The molecule has 2 rings (SSSR count). The second-order valence-electron chi connectivity index (χ2n) is 5.67. The fourth-order valence-electron chi connectivity index (χ4n) is 2.88. The van der Waals surface area contributed by atoms with Crippen LogP contribution in [0.3, 0.4) is 0 Å². The van der Waals surface area contributed by atoms with Crippen LogP contribution in [0.2, 0.25) is 0 Å². The molecule has 2 fully saturated rings. The second-order valence-corrected chi connectivity index (χ2v) is 5.67. The third kappa shape index (κ3) is 3.69. The Hall–Kier alpha value is -1.80. The van der Waals surface area contributed by atoms with Gasteiger partial charge < -0.3 is 10.6 Å². The van der Waals surface area contributed by atoms with Crippen molar-refractivity contribution in [2.24, 2.45) is 0 Å². The molecule has 9 heteroatoms. The molecule has 1 saturated carbocycles. The molecule has 0 radical (unpaired) electrons. The summed E-state index contributed by atoms with van der Waals surface area (Å²) in [6, 6.07) is -0.484. The lowest BCUT2D eigenvalue weighted by Gasteiger charge is -2.19. The van der Waals surface area contributed by atoms with E-state index in [0.717, 1.165) is 17.7 Å². The second kappa shape index (κ2) is 6.13. The molecule has 2 aliphatic rings. The first-order valence-electron chi connectivity index (χ1n) is 7.21. The van der Waals surface area contributed by atoms with Gasteiger partial charge in [0, 0.05) is 13.0 Å². The molecule has 4 amide bonds. The van der Waals surface area contributed by atoms with Gasteiger partial charge in [0.15, 0.2) is 0 Å². The standard InChI is InChI=1S/C13H18F3N3O3/c14-13(15,16)8-17-9(20)4-3-7-19-10(21)12(18-11(19)22)5-1-2-6-12/h1-8H2,(H,17,20)(H,18,22). The number of amides is 4. The Morgan fingerprint density at radius 3 is 2.50 bits per heavy atom. The Morgan fingerprint density at radius 2 is 1.91 bits per heavy atom. The van der Waals surface area contributed by atoms with Crippen LogP contribution in [0.25, 0.3) is 0 Å². The van der Waals surface area contributed by atoms with Crippen LogP contribution in [0.4, 0.5) is 18.0 Å². The van der Waals surface area contributed by atoms with Crippen molar-refractivity contribution in [3.8, 4) is 0 Å². The fourth-order valence-corrected chi connectivity index (χ4v) is 2.88. The van der Waals surface area contributed by atoms with Crippen molar-refractivity contribution in [3.63, 3.8) is 0 Å². The summed E-state index contributed by atoms with van der Waals surface area (Å²) >= 11 is 0. The molecule has 2 N–H and O–H groups in total. The molecule has 0 unspecified atom stereocenters. The summed E-state index contributed by atoms with van der Waals surface area (Å²) in [6.07, 6.45) is -1.51. The van der Waals surface area contributed by atoms with Crippen molar-refractivity contribution in [2.75, 3.05) is 13.1 Å². The lowest BCUT2D eigenvalue weighted by molar-refractivity contribution is -0.138. The average molecular weight is 321 g/mol. The van der Waals surface area contributed by atoms with E-state index in [1.54, 1.807) is 5.32 Å². The minimum atomic E-state index is -4.45. The largest absolute Gasteiger partial charge is 0.405 e. The molecule has 1 aliphatic carbocycles. The van der Waals surface area contributed by atoms with E-state index in [2.05, 4.69) is 5.32 Å². The highest BCUT2D eigenvalue weighted by molar-refractivity contribution is 6.07. The summed E-state index contributed by atoms with van der Waals surface area (Å²) in [4.78, 5) is 36.4. The Labute approximate surface area is 125 Å². The summed E-state index contributed by atoms with van der Waals surface area (Å²) < 4.78 is 35.8. The maximum Gasteiger partial charge on any atom is 0.405 e. The molecule has 0 atom stereocenters. The zero-order chi connectivity index (χ0) is 16.4. The van der Waals surface area contributed by atoms with Crippen molar-refractivity contribution >= 4 is 17.8 Å². The van der Waals surface area contributed by atoms with Crippen LogP contribution in [0.1, 0.15) is 38.5 Å². The van der Waals surface area contributed by atoms with E-state index in [1.807, 2.05) is 0 Å². The lowest BCUT2D eigenvalue weighted by atomic mass is 9.98. The number of carbonyl (C=O) groups is 3. The highest BCUT2D eigenvalue weighted by atomic mass is 19.4. The number of carbonyl (C=O) groups excluding carboxylic acids is 3. The SMILES string of the molecule is O=C(CCCN1C(=O)NC2(CCCC2)C1=O)NCC(F)(F)F. The molecule has 1 saturated heterocycles. The molecular weight excluding hydrogens is 303 g/mol. The number of hydrogen-bond donors (Lipinski definition) is 2. The highest BCUT2D eigenvalue weighted by Gasteiger charge is 2.52. The molecule has 1 heterocycles. The first-order valence-corrected chi connectivity index (χ1v) is 7.21. The molecule has 0 aromatic heterocycles. The quantitative estimate of drug-likeness (QED) is 0.750. The highest BCUT2D eigenvalue weighted by Crippen LogP contribution is 2.35. The van der Waals surface area contributed by atoms with E-state index in [-0.39, 0.29) is 25.3 Å². The van der Waals surface area contributed by atoms with Crippen LogP contribution in [0, 0.1) is 0 Å². The molecule has 6 nitrogen and oxygen atoms in total. The Bertz CT molecular complexity index is 473. The summed E-state index contributed by atoms with van der Waals surface area (Å²) in [6.45, 7) is -1.34. The van der Waals surface area contributed by atoms with Gasteiger partial charge in [-0.15, -0.1) is 0 Å².